The lowest BCUT2D eigenvalue weighted by molar-refractivity contribution is 0.0747. The second-order valence-corrected chi connectivity index (χ2v) is 5.70. The molecule has 0 radical (unpaired) electrons. The Bertz CT molecular complexity index is 199. The van der Waals surface area contributed by atoms with Crippen LogP contribution in [-0.2, 0) is 0 Å². The molecule has 1 aliphatic heterocycles. The molecule has 2 aliphatic rings. The molecule has 1 saturated carbocycles. The minimum atomic E-state index is -0.00776. The van der Waals surface area contributed by atoms with E-state index in [2.05, 4.69) is 11.8 Å². The third kappa shape index (κ3) is 3.21. The normalized spacial score (nSPS) is 38.2. The molecule has 2 fully saturated rings. The monoisotopic (exact) mass is 225 g/mol. The van der Waals surface area contributed by atoms with Crippen molar-refractivity contribution < 1.29 is 5.11 Å². The number of aliphatic hydroxyl groups is 1. The summed E-state index contributed by atoms with van der Waals surface area (Å²) in [4.78, 5) is 2.71. The van der Waals surface area contributed by atoms with Crippen molar-refractivity contribution in [2.24, 2.45) is 5.92 Å². The Labute approximate surface area is 100 Å². The third-order valence-corrected chi connectivity index (χ3v) is 4.64. The summed E-state index contributed by atoms with van der Waals surface area (Å²) in [5.74, 6) is 0.971. The largest absolute Gasteiger partial charge is 0.393 e. The van der Waals surface area contributed by atoms with Gasteiger partial charge in [-0.1, -0.05) is 13.3 Å². The van der Waals surface area contributed by atoms with Crippen LogP contribution in [0.3, 0.4) is 0 Å². The van der Waals surface area contributed by atoms with Gasteiger partial charge in [0.25, 0.3) is 0 Å². The summed E-state index contributed by atoms with van der Waals surface area (Å²) < 4.78 is 0. The number of hydrogen-bond donors (Lipinski definition) is 1. The lowest BCUT2D eigenvalue weighted by atomic mass is 9.92. The van der Waals surface area contributed by atoms with E-state index in [9.17, 15) is 5.11 Å². The Hall–Kier alpha value is -0.0800. The summed E-state index contributed by atoms with van der Waals surface area (Å²) in [6, 6.07) is 0.777. The summed E-state index contributed by atoms with van der Waals surface area (Å²) in [6.07, 6.45) is 10.1. The first kappa shape index (κ1) is 12.4. The van der Waals surface area contributed by atoms with E-state index in [1.54, 1.807) is 0 Å². The van der Waals surface area contributed by atoms with Crippen molar-refractivity contribution in [3.63, 3.8) is 0 Å². The average molecular weight is 225 g/mol. The van der Waals surface area contributed by atoms with Crippen molar-refractivity contribution >= 4 is 0 Å². The molecule has 16 heavy (non-hydrogen) atoms. The molecule has 0 amide bonds. The minimum absolute atomic E-state index is 0.00776. The molecule has 1 saturated heterocycles. The van der Waals surface area contributed by atoms with E-state index < -0.39 is 0 Å². The fourth-order valence-electron chi connectivity index (χ4n) is 3.38. The van der Waals surface area contributed by atoms with Crippen LogP contribution in [0.5, 0.6) is 0 Å². The Kier molecular flexibility index (Phi) is 4.66. The predicted molar refractivity (Wildman–Crippen MR) is 67.5 cm³/mol. The van der Waals surface area contributed by atoms with Crippen LogP contribution in [0.25, 0.3) is 0 Å². The van der Waals surface area contributed by atoms with E-state index in [0.717, 1.165) is 24.8 Å². The fraction of sp³-hybridized carbons (Fsp3) is 1.00. The van der Waals surface area contributed by atoms with Crippen molar-refractivity contribution in [1.29, 1.82) is 0 Å². The average Bonchev–Trinajstić information content (AvgIpc) is 2.55. The van der Waals surface area contributed by atoms with E-state index in [4.69, 9.17) is 0 Å². The topological polar surface area (TPSA) is 23.5 Å². The molecule has 0 spiro atoms. The smallest absolute Gasteiger partial charge is 0.0541 e. The fourth-order valence-corrected chi connectivity index (χ4v) is 3.38. The molecule has 2 nitrogen and oxygen atoms in total. The lowest BCUT2D eigenvalue weighted by Gasteiger charge is -2.35. The summed E-state index contributed by atoms with van der Waals surface area (Å²) in [5, 5.41) is 9.54. The molecule has 1 atom stereocenters. The summed E-state index contributed by atoms with van der Waals surface area (Å²) >= 11 is 0. The zero-order valence-corrected chi connectivity index (χ0v) is 10.7. The number of rotatable bonds is 2. The zero-order valence-electron chi connectivity index (χ0n) is 10.7. The molecule has 2 heteroatoms. The Morgan fingerprint density at radius 1 is 1.00 bits per heavy atom. The van der Waals surface area contributed by atoms with E-state index in [1.165, 1.54) is 51.6 Å². The lowest BCUT2D eigenvalue weighted by Crippen LogP contribution is -2.39. The highest BCUT2D eigenvalue weighted by molar-refractivity contribution is 4.81. The van der Waals surface area contributed by atoms with Gasteiger partial charge in [-0.2, -0.15) is 0 Å². The van der Waals surface area contributed by atoms with Gasteiger partial charge in [-0.25, -0.2) is 0 Å². The second kappa shape index (κ2) is 6.02. The van der Waals surface area contributed by atoms with Crippen LogP contribution < -0.4 is 0 Å². The van der Waals surface area contributed by atoms with Gasteiger partial charge < -0.3 is 10.0 Å². The van der Waals surface area contributed by atoms with Crippen LogP contribution in [-0.4, -0.2) is 35.2 Å². The highest BCUT2D eigenvalue weighted by atomic mass is 16.3. The molecule has 0 aromatic rings. The second-order valence-electron chi connectivity index (χ2n) is 5.70. The van der Waals surface area contributed by atoms with E-state index in [0.29, 0.717) is 0 Å². The molecule has 1 aliphatic carbocycles. The molecule has 0 aromatic heterocycles. The molecule has 1 N–H and O–H groups in total. The maximum atomic E-state index is 9.54. The highest BCUT2D eigenvalue weighted by Gasteiger charge is 2.26. The quantitative estimate of drug-likeness (QED) is 0.781. The zero-order chi connectivity index (χ0) is 11.4. The first-order chi connectivity index (χ1) is 7.79. The molecule has 1 heterocycles. The maximum Gasteiger partial charge on any atom is 0.0541 e. The first-order valence-corrected chi connectivity index (χ1v) is 7.21. The molecule has 0 bridgehead atoms. The molecule has 94 valence electrons. The summed E-state index contributed by atoms with van der Waals surface area (Å²) in [6.45, 7) is 4.94. The van der Waals surface area contributed by atoms with Gasteiger partial charge in [-0.05, 0) is 64.0 Å². The van der Waals surface area contributed by atoms with Gasteiger partial charge in [-0.3, -0.25) is 0 Å². The van der Waals surface area contributed by atoms with Gasteiger partial charge in [0, 0.05) is 6.04 Å². The standard InChI is InChI=1S/C14H27NO/c1-2-12-4-3-10-15(11-9-12)13-5-7-14(16)8-6-13/h12-14,16H,2-11H2,1H3. The summed E-state index contributed by atoms with van der Waals surface area (Å²) in [5.41, 5.74) is 0. The van der Waals surface area contributed by atoms with Crippen LogP contribution in [0.15, 0.2) is 0 Å². The Morgan fingerprint density at radius 3 is 2.44 bits per heavy atom. The van der Waals surface area contributed by atoms with Crippen molar-refractivity contribution in [2.75, 3.05) is 13.1 Å². The summed E-state index contributed by atoms with van der Waals surface area (Å²) in [7, 11) is 0. The molecule has 1 unspecified atom stereocenters. The third-order valence-electron chi connectivity index (χ3n) is 4.64. The van der Waals surface area contributed by atoms with Crippen molar-refractivity contribution in [2.45, 2.75) is 70.4 Å². The van der Waals surface area contributed by atoms with E-state index >= 15 is 0 Å². The van der Waals surface area contributed by atoms with Crippen molar-refractivity contribution in [1.82, 2.24) is 4.90 Å². The van der Waals surface area contributed by atoms with Crippen molar-refractivity contribution in [3.8, 4) is 0 Å². The van der Waals surface area contributed by atoms with Crippen LogP contribution in [0, 0.1) is 5.92 Å². The van der Waals surface area contributed by atoms with Gasteiger partial charge in [0.15, 0.2) is 0 Å². The van der Waals surface area contributed by atoms with Crippen molar-refractivity contribution in [3.05, 3.63) is 0 Å². The van der Waals surface area contributed by atoms with Crippen LogP contribution in [0.2, 0.25) is 0 Å². The number of aliphatic hydroxyl groups excluding tert-OH is 1. The minimum Gasteiger partial charge on any atom is -0.393 e. The molecule has 0 aromatic carbocycles. The van der Waals surface area contributed by atoms with Crippen LogP contribution >= 0.6 is 0 Å². The van der Waals surface area contributed by atoms with Gasteiger partial charge in [0.05, 0.1) is 6.10 Å². The van der Waals surface area contributed by atoms with Gasteiger partial charge in [0.2, 0.25) is 0 Å². The van der Waals surface area contributed by atoms with Gasteiger partial charge in [0.1, 0.15) is 0 Å². The number of likely N-dealkylation sites (tertiary alicyclic amines) is 1. The molecular weight excluding hydrogens is 198 g/mol. The van der Waals surface area contributed by atoms with E-state index in [1.807, 2.05) is 0 Å². The Morgan fingerprint density at radius 2 is 1.75 bits per heavy atom. The van der Waals surface area contributed by atoms with Crippen LogP contribution in [0.1, 0.15) is 58.3 Å². The SMILES string of the molecule is CCC1CCCN(C2CCC(O)CC2)CC1. The highest BCUT2D eigenvalue weighted by Crippen LogP contribution is 2.27. The number of hydrogen-bond acceptors (Lipinski definition) is 2. The predicted octanol–water partition coefficient (Wildman–Crippen LogP) is 2.80. The molecule has 2 rings (SSSR count). The van der Waals surface area contributed by atoms with E-state index in [-0.39, 0.29) is 6.10 Å². The Balaban J connectivity index is 1.80. The molecular formula is C14H27NO. The first-order valence-electron chi connectivity index (χ1n) is 7.21. The van der Waals surface area contributed by atoms with Gasteiger partial charge in [-0.15, -0.1) is 0 Å². The maximum absolute atomic E-state index is 9.54. The van der Waals surface area contributed by atoms with Gasteiger partial charge >= 0.3 is 0 Å². The van der Waals surface area contributed by atoms with Crippen LogP contribution in [0.4, 0.5) is 0 Å². The number of nitrogens with zero attached hydrogens (tertiary/aromatic N) is 1.